The minimum Gasteiger partial charge on any atom is -0.462 e. The van der Waals surface area contributed by atoms with E-state index < -0.39 is 6.10 Å². The van der Waals surface area contributed by atoms with Crippen molar-refractivity contribution >= 4 is 17.9 Å². The van der Waals surface area contributed by atoms with Crippen LogP contribution >= 0.6 is 0 Å². The average Bonchev–Trinajstić information content (AvgIpc) is 3.36. The Morgan fingerprint density at radius 2 is 0.493 bits per heavy atom. The Bertz CT molecular complexity index is 1110. The zero-order valence-electron chi connectivity index (χ0n) is 49.0. The molecule has 0 N–H and O–H groups in total. The first-order chi connectivity index (χ1) is 34.7. The first kappa shape index (κ1) is 69.4. The van der Waals surface area contributed by atoms with E-state index in [0.29, 0.717) is 19.3 Å². The topological polar surface area (TPSA) is 78.9 Å². The lowest BCUT2D eigenvalue weighted by Crippen LogP contribution is -2.30. The van der Waals surface area contributed by atoms with Gasteiger partial charge in [0.1, 0.15) is 13.2 Å². The zero-order chi connectivity index (χ0) is 51.9. The summed E-state index contributed by atoms with van der Waals surface area (Å²) in [5.41, 5.74) is 0. The molecule has 0 fully saturated rings. The number of unbranched alkanes of at least 4 members (excludes halogenated alkanes) is 39. The molecule has 6 heteroatoms. The lowest BCUT2D eigenvalue weighted by atomic mass is 9.99. The molecule has 0 saturated heterocycles. The molecule has 6 nitrogen and oxygen atoms in total. The highest BCUT2D eigenvalue weighted by molar-refractivity contribution is 5.71. The van der Waals surface area contributed by atoms with Crippen LogP contribution < -0.4 is 0 Å². The molecule has 0 saturated carbocycles. The minimum absolute atomic E-state index is 0.0628. The Morgan fingerprint density at radius 1 is 0.282 bits per heavy atom. The smallest absolute Gasteiger partial charge is 0.306 e. The van der Waals surface area contributed by atoms with Crippen LogP contribution in [0.15, 0.2) is 0 Å². The van der Waals surface area contributed by atoms with Crippen LogP contribution in [0.1, 0.15) is 363 Å². The van der Waals surface area contributed by atoms with Gasteiger partial charge < -0.3 is 14.2 Å². The van der Waals surface area contributed by atoms with Crippen LogP contribution in [0.5, 0.6) is 0 Å². The number of esters is 3. The number of hydrogen-bond donors (Lipinski definition) is 0. The summed E-state index contributed by atoms with van der Waals surface area (Å²) in [4.78, 5) is 38.3. The van der Waals surface area contributed by atoms with Crippen LogP contribution in [-0.4, -0.2) is 37.2 Å². The van der Waals surface area contributed by atoms with Gasteiger partial charge in [0, 0.05) is 19.3 Å². The fraction of sp³-hybridized carbons (Fsp3) is 0.954. The summed E-state index contributed by atoms with van der Waals surface area (Å²) >= 11 is 0. The number of rotatable bonds is 58. The molecule has 0 aromatic heterocycles. The highest BCUT2D eigenvalue weighted by Gasteiger charge is 2.19. The Hall–Kier alpha value is -1.59. The Kier molecular flexibility index (Phi) is 54.9. The average molecular weight is 1000 g/mol. The molecular formula is C65H126O6. The largest absolute Gasteiger partial charge is 0.462 e. The van der Waals surface area contributed by atoms with Crippen molar-refractivity contribution < 1.29 is 28.6 Å². The Labute approximate surface area is 444 Å². The molecule has 3 atom stereocenters. The van der Waals surface area contributed by atoms with E-state index in [-0.39, 0.29) is 31.1 Å². The van der Waals surface area contributed by atoms with Gasteiger partial charge in [0.05, 0.1) is 0 Å². The zero-order valence-corrected chi connectivity index (χ0v) is 49.0. The normalized spacial score (nSPS) is 12.9. The molecule has 422 valence electrons. The van der Waals surface area contributed by atoms with Crippen molar-refractivity contribution in [1.82, 2.24) is 0 Å². The van der Waals surface area contributed by atoms with E-state index in [0.717, 1.165) is 75.5 Å². The number of ether oxygens (including phenoxy) is 3. The van der Waals surface area contributed by atoms with Crippen molar-refractivity contribution in [2.24, 2.45) is 17.8 Å². The number of hydrogen-bond acceptors (Lipinski definition) is 6. The second kappa shape index (κ2) is 56.1. The molecule has 0 heterocycles. The molecule has 0 aliphatic carbocycles. The van der Waals surface area contributed by atoms with Crippen molar-refractivity contribution in [2.45, 2.75) is 369 Å². The molecule has 71 heavy (non-hydrogen) atoms. The lowest BCUT2D eigenvalue weighted by molar-refractivity contribution is -0.167. The molecule has 0 amide bonds. The summed E-state index contributed by atoms with van der Waals surface area (Å²) in [6, 6.07) is 0. The van der Waals surface area contributed by atoms with Gasteiger partial charge in [-0.05, 0) is 37.0 Å². The maximum absolute atomic E-state index is 12.9. The summed E-state index contributed by atoms with van der Waals surface area (Å²) < 4.78 is 17.0. The predicted molar refractivity (Wildman–Crippen MR) is 307 cm³/mol. The van der Waals surface area contributed by atoms with E-state index in [1.54, 1.807) is 0 Å². The van der Waals surface area contributed by atoms with Crippen LogP contribution in [0.3, 0.4) is 0 Å². The maximum atomic E-state index is 12.9. The van der Waals surface area contributed by atoms with Gasteiger partial charge in [-0.2, -0.15) is 0 Å². The molecule has 0 aromatic carbocycles. The molecule has 0 radical (unpaired) electrons. The third kappa shape index (κ3) is 56.0. The summed E-state index contributed by atoms with van der Waals surface area (Å²) in [6.45, 7) is 13.9. The third-order valence-electron chi connectivity index (χ3n) is 15.6. The molecule has 2 unspecified atom stereocenters. The Morgan fingerprint density at radius 3 is 0.732 bits per heavy atom. The SMILES string of the molecule is CCC(C)CCCCCCCCCCCCCCCCCCCCC(=O)O[C@H](COC(=O)CCCCCCCCCCCCCCCCC(C)C)COC(=O)CCCCCCCCCCCCC(C)CC. The molecular weight excluding hydrogens is 877 g/mol. The summed E-state index contributed by atoms with van der Waals surface area (Å²) in [6.07, 6.45) is 60.9. The monoisotopic (exact) mass is 1000 g/mol. The van der Waals surface area contributed by atoms with Gasteiger partial charge in [-0.15, -0.1) is 0 Å². The lowest BCUT2D eigenvalue weighted by Gasteiger charge is -2.18. The van der Waals surface area contributed by atoms with Gasteiger partial charge in [-0.25, -0.2) is 0 Å². The predicted octanol–water partition coefficient (Wildman–Crippen LogP) is 21.5. The van der Waals surface area contributed by atoms with Crippen LogP contribution in [-0.2, 0) is 28.6 Å². The van der Waals surface area contributed by atoms with Gasteiger partial charge in [0.25, 0.3) is 0 Å². The van der Waals surface area contributed by atoms with Crippen LogP contribution in [0, 0.1) is 17.8 Å². The number of carbonyl (C=O) groups excluding carboxylic acids is 3. The fourth-order valence-electron chi connectivity index (χ4n) is 10.00. The van der Waals surface area contributed by atoms with Gasteiger partial charge in [-0.1, -0.05) is 324 Å². The second-order valence-electron chi connectivity index (χ2n) is 23.4. The fourth-order valence-corrected chi connectivity index (χ4v) is 10.00. The van der Waals surface area contributed by atoms with Crippen molar-refractivity contribution in [3.63, 3.8) is 0 Å². The molecule has 0 aromatic rings. The van der Waals surface area contributed by atoms with Crippen LogP contribution in [0.2, 0.25) is 0 Å². The van der Waals surface area contributed by atoms with E-state index >= 15 is 0 Å². The van der Waals surface area contributed by atoms with Crippen molar-refractivity contribution in [1.29, 1.82) is 0 Å². The molecule has 0 spiro atoms. The molecule has 0 bridgehead atoms. The first-order valence-electron chi connectivity index (χ1n) is 32.2. The Balaban J connectivity index is 4.27. The van der Waals surface area contributed by atoms with Crippen LogP contribution in [0.4, 0.5) is 0 Å². The quantitative estimate of drug-likeness (QED) is 0.0343. The van der Waals surface area contributed by atoms with Crippen LogP contribution in [0.25, 0.3) is 0 Å². The summed E-state index contributed by atoms with van der Waals surface area (Å²) in [5.74, 6) is 1.79. The van der Waals surface area contributed by atoms with E-state index in [4.69, 9.17) is 14.2 Å². The van der Waals surface area contributed by atoms with E-state index in [1.807, 2.05) is 0 Å². The first-order valence-corrected chi connectivity index (χ1v) is 32.2. The van der Waals surface area contributed by atoms with Gasteiger partial charge in [0.15, 0.2) is 6.10 Å². The van der Waals surface area contributed by atoms with Gasteiger partial charge in [0.2, 0.25) is 0 Å². The second-order valence-corrected chi connectivity index (χ2v) is 23.4. The maximum Gasteiger partial charge on any atom is 0.306 e. The molecule has 0 rings (SSSR count). The highest BCUT2D eigenvalue weighted by Crippen LogP contribution is 2.20. The van der Waals surface area contributed by atoms with Crippen molar-refractivity contribution in [2.75, 3.05) is 13.2 Å². The van der Waals surface area contributed by atoms with Crippen molar-refractivity contribution in [3.05, 3.63) is 0 Å². The summed E-state index contributed by atoms with van der Waals surface area (Å²) in [5, 5.41) is 0. The van der Waals surface area contributed by atoms with E-state index in [9.17, 15) is 14.4 Å². The molecule has 0 aliphatic heterocycles. The standard InChI is InChI=1S/C65H126O6/c1-7-60(5)52-46-40-34-28-22-18-13-11-9-10-12-14-20-24-32-38-44-50-56-65(68)71-62(58-70-64(67)55-49-43-37-31-26-25-29-35-41-47-53-61(6)8-2)57-69-63(66)54-48-42-36-30-23-19-16-15-17-21-27-33-39-45-51-59(3)4/h59-62H,7-58H2,1-6H3/t60?,61?,62-/m1/s1. The van der Waals surface area contributed by atoms with Gasteiger partial charge >= 0.3 is 17.9 Å². The minimum atomic E-state index is -0.765. The van der Waals surface area contributed by atoms with Gasteiger partial charge in [-0.3, -0.25) is 14.4 Å². The molecule has 0 aliphatic rings. The highest BCUT2D eigenvalue weighted by atomic mass is 16.6. The third-order valence-corrected chi connectivity index (χ3v) is 15.6. The van der Waals surface area contributed by atoms with E-state index in [2.05, 4.69) is 41.5 Å². The summed E-state index contributed by atoms with van der Waals surface area (Å²) in [7, 11) is 0. The van der Waals surface area contributed by atoms with Crippen molar-refractivity contribution in [3.8, 4) is 0 Å². The van der Waals surface area contributed by atoms with E-state index in [1.165, 1.54) is 244 Å². The number of carbonyl (C=O) groups is 3.